The van der Waals surface area contributed by atoms with Gasteiger partial charge in [-0.2, -0.15) is 5.10 Å². The van der Waals surface area contributed by atoms with Crippen LogP contribution in [0.3, 0.4) is 0 Å². The number of nitrogens with one attached hydrogen (secondary N) is 2. The average Bonchev–Trinajstić information content (AvgIpc) is 2.60. The van der Waals surface area contributed by atoms with Gasteiger partial charge in [-0.05, 0) is 23.1 Å². The number of nitrogens with zero attached hydrogens (tertiary/aromatic N) is 2. The van der Waals surface area contributed by atoms with Crippen molar-refractivity contribution in [3.63, 3.8) is 0 Å². The molecule has 0 saturated carbocycles. The van der Waals surface area contributed by atoms with Gasteiger partial charge in [0.05, 0.1) is 11.9 Å². The lowest BCUT2D eigenvalue weighted by atomic mass is 9.86. The first-order valence-electron chi connectivity index (χ1n) is 8.11. The first-order chi connectivity index (χ1) is 12.3. The molecule has 0 bridgehead atoms. The molecule has 0 spiro atoms. The average molecular weight is 354 g/mol. The minimum absolute atomic E-state index is 0.513. The quantitative estimate of drug-likeness (QED) is 0.567. The minimum Gasteiger partial charge on any atom is -0.465 e. The highest BCUT2D eigenvalue weighted by Crippen LogP contribution is 2.19. The fraction of sp³-hybridized carbons (Fsp3) is 0.263. The molecule has 2 amide bonds. The zero-order valence-corrected chi connectivity index (χ0v) is 14.9. The third-order valence-electron chi connectivity index (χ3n) is 3.66. The zero-order chi connectivity index (χ0) is 19.2. The maximum Gasteiger partial charge on any atom is 0.405 e. The van der Waals surface area contributed by atoms with Gasteiger partial charge in [0, 0.05) is 11.8 Å². The van der Waals surface area contributed by atoms with Crippen molar-refractivity contribution in [3.05, 3.63) is 54.2 Å². The first kappa shape index (κ1) is 19.1. The van der Waals surface area contributed by atoms with E-state index in [2.05, 4.69) is 20.8 Å². The SMILES string of the molecule is CC(C)(C)[C@H](NC(=O)O)C(=O)N/N=C/c1ccc(-c2ccccn2)cc1. The molecular formula is C19H22N4O3. The van der Waals surface area contributed by atoms with Crippen LogP contribution in [-0.2, 0) is 4.79 Å². The van der Waals surface area contributed by atoms with E-state index in [0.717, 1.165) is 16.8 Å². The Morgan fingerprint density at radius 3 is 2.38 bits per heavy atom. The highest BCUT2D eigenvalue weighted by atomic mass is 16.4. The van der Waals surface area contributed by atoms with Crippen molar-refractivity contribution in [3.8, 4) is 11.3 Å². The Balaban J connectivity index is 2.01. The molecule has 3 N–H and O–H groups in total. The Bertz CT molecular complexity index is 781. The maximum atomic E-state index is 12.2. The predicted molar refractivity (Wildman–Crippen MR) is 99.8 cm³/mol. The summed E-state index contributed by atoms with van der Waals surface area (Å²) in [5.74, 6) is -0.513. The molecule has 1 aromatic carbocycles. The van der Waals surface area contributed by atoms with E-state index in [1.807, 2.05) is 42.5 Å². The Morgan fingerprint density at radius 2 is 1.85 bits per heavy atom. The van der Waals surface area contributed by atoms with Gasteiger partial charge in [-0.25, -0.2) is 10.2 Å². The van der Waals surface area contributed by atoms with Gasteiger partial charge in [-0.1, -0.05) is 51.1 Å². The second-order valence-corrected chi connectivity index (χ2v) is 6.82. The molecule has 0 fully saturated rings. The van der Waals surface area contributed by atoms with E-state index in [1.54, 1.807) is 27.0 Å². The highest BCUT2D eigenvalue weighted by Gasteiger charge is 2.32. The Kier molecular flexibility index (Phi) is 6.06. The van der Waals surface area contributed by atoms with Crippen molar-refractivity contribution < 1.29 is 14.7 Å². The molecule has 26 heavy (non-hydrogen) atoms. The smallest absolute Gasteiger partial charge is 0.405 e. The molecule has 0 aliphatic rings. The van der Waals surface area contributed by atoms with E-state index in [-0.39, 0.29) is 0 Å². The van der Waals surface area contributed by atoms with Gasteiger partial charge in [0.15, 0.2) is 0 Å². The van der Waals surface area contributed by atoms with Crippen molar-refractivity contribution in [1.82, 2.24) is 15.7 Å². The number of pyridine rings is 1. The Hall–Kier alpha value is -3.22. The summed E-state index contributed by atoms with van der Waals surface area (Å²) in [4.78, 5) is 27.4. The molecule has 0 unspecified atom stereocenters. The van der Waals surface area contributed by atoms with Crippen LogP contribution in [0.15, 0.2) is 53.8 Å². The van der Waals surface area contributed by atoms with Crippen molar-refractivity contribution in [2.24, 2.45) is 10.5 Å². The van der Waals surface area contributed by atoms with Crippen LogP contribution in [0.5, 0.6) is 0 Å². The van der Waals surface area contributed by atoms with Crippen LogP contribution in [0.2, 0.25) is 0 Å². The molecule has 2 rings (SSSR count). The van der Waals surface area contributed by atoms with Gasteiger partial charge in [-0.15, -0.1) is 0 Å². The molecule has 0 aliphatic carbocycles. The van der Waals surface area contributed by atoms with Crippen LogP contribution in [0, 0.1) is 5.41 Å². The first-order valence-corrected chi connectivity index (χ1v) is 8.11. The lowest BCUT2D eigenvalue weighted by Crippen LogP contribution is -2.52. The molecule has 7 heteroatoms. The van der Waals surface area contributed by atoms with Gasteiger partial charge >= 0.3 is 6.09 Å². The third-order valence-corrected chi connectivity index (χ3v) is 3.66. The fourth-order valence-electron chi connectivity index (χ4n) is 2.31. The van der Waals surface area contributed by atoms with Gasteiger partial charge in [0.25, 0.3) is 5.91 Å². The van der Waals surface area contributed by atoms with Gasteiger partial charge in [-0.3, -0.25) is 9.78 Å². The summed E-state index contributed by atoms with van der Waals surface area (Å²) in [6.07, 6.45) is 1.98. The molecule has 0 radical (unpaired) electrons. The van der Waals surface area contributed by atoms with Gasteiger partial charge in [0.2, 0.25) is 0 Å². The number of carboxylic acid groups (broad SMARTS) is 1. The fourth-order valence-corrected chi connectivity index (χ4v) is 2.31. The number of amides is 2. The molecule has 0 aliphatic heterocycles. The summed E-state index contributed by atoms with van der Waals surface area (Å²) >= 11 is 0. The lowest BCUT2D eigenvalue weighted by Gasteiger charge is -2.28. The van der Waals surface area contributed by atoms with Crippen molar-refractivity contribution in [2.45, 2.75) is 26.8 Å². The second kappa shape index (κ2) is 8.24. The van der Waals surface area contributed by atoms with Crippen LogP contribution < -0.4 is 10.7 Å². The lowest BCUT2D eigenvalue weighted by molar-refractivity contribution is -0.125. The molecule has 136 valence electrons. The van der Waals surface area contributed by atoms with Crippen molar-refractivity contribution in [2.75, 3.05) is 0 Å². The summed E-state index contributed by atoms with van der Waals surface area (Å²) in [6, 6.07) is 12.3. The Labute approximate surface area is 152 Å². The number of rotatable bonds is 5. The molecule has 1 heterocycles. The van der Waals surface area contributed by atoms with E-state index in [4.69, 9.17) is 5.11 Å². The van der Waals surface area contributed by atoms with Gasteiger partial charge < -0.3 is 10.4 Å². The topological polar surface area (TPSA) is 104 Å². The zero-order valence-electron chi connectivity index (χ0n) is 14.9. The summed E-state index contributed by atoms with van der Waals surface area (Å²) in [6.45, 7) is 5.31. The largest absolute Gasteiger partial charge is 0.465 e. The summed E-state index contributed by atoms with van der Waals surface area (Å²) < 4.78 is 0. The molecule has 1 atom stereocenters. The molecular weight excluding hydrogens is 332 g/mol. The summed E-state index contributed by atoms with van der Waals surface area (Å²) in [5.41, 5.74) is 4.44. The van der Waals surface area contributed by atoms with E-state index >= 15 is 0 Å². The number of aromatic nitrogens is 1. The van der Waals surface area contributed by atoms with E-state index < -0.39 is 23.5 Å². The van der Waals surface area contributed by atoms with E-state index in [9.17, 15) is 9.59 Å². The minimum atomic E-state index is -1.26. The molecule has 7 nitrogen and oxygen atoms in total. The number of hydrogen-bond donors (Lipinski definition) is 3. The van der Waals surface area contributed by atoms with Crippen LogP contribution >= 0.6 is 0 Å². The normalized spacial score (nSPS) is 12.6. The number of carbonyl (C=O) groups is 2. The predicted octanol–water partition coefficient (Wildman–Crippen LogP) is 2.88. The van der Waals surface area contributed by atoms with Crippen LogP contribution in [0.4, 0.5) is 4.79 Å². The van der Waals surface area contributed by atoms with Crippen molar-refractivity contribution in [1.29, 1.82) is 0 Å². The van der Waals surface area contributed by atoms with Gasteiger partial charge in [0.1, 0.15) is 6.04 Å². The van der Waals surface area contributed by atoms with Crippen molar-refractivity contribution >= 4 is 18.2 Å². The molecule has 2 aromatic rings. The number of carbonyl (C=O) groups excluding carboxylic acids is 1. The number of benzene rings is 1. The Morgan fingerprint density at radius 1 is 1.15 bits per heavy atom. The third kappa shape index (κ3) is 5.41. The van der Waals surface area contributed by atoms with Crippen LogP contribution in [0.25, 0.3) is 11.3 Å². The number of hydrogen-bond acceptors (Lipinski definition) is 4. The van der Waals surface area contributed by atoms with E-state index in [0.29, 0.717) is 0 Å². The van der Waals surface area contributed by atoms with Crippen LogP contribution in [0.1, 0.15) is 26.3 Å². The maximum absolute atomic E-state index is 12.2. The summed E-state index contributed by atoms with van der Waals surface area (Å²) in [7, 11) is 0. The highest BCUT2D eigenvalue weighted by molar-refractivity contribution is 5.87. The summed E-state index contributed by atoms with van der Waals surface area (Å²) in [5, 5.41) is 15.0. The standard InChI is InChI=1S/C19H22N4O3/c1-19(2,3)16(22-18(25)26)17(24)23-21-12-13-7-9-14(10-8-13)15-6-4-5-11-20-15/h4-12,16,22H,1-3H3,(H,23,24)(H,25,26)/b21-12+/t16-/m1/s1. The monoisotopic (exact) mass is 354 g/mol. The van der Waals surface area contributed by atoms with E-state index in [1.165, 1.54) is 6.21 Å². The second-order valence-electron chi connectivity index (χ2n) is 6.82. The number of hydrazone groups is 1. The molecule has 1 aromatic heterocycles. The molecule has 0 saturated heterocycles. The van der Waals surface area contributed by atoms with Crippen LogP contribution in [-0.4, -0.2) is 34.3 Å².